The summed E-state index contributed by atoms with van der Waals surface area (Å²) < 4.78 is 0. The summed E-state index contributed by atoms with van der Waals surface area (Å²) >= 11 is 1.93. The third-order valence-corrected chi connectivity index (χ3v) is 5.20. The molecule has 0 heterocycles. The molecule has 1 aromatic rings. The molecule has 0 aliphatic heterocycles. The van der Waals surface area contributed by atoms with Crippen LogP contribution >= 0.6 is 35.7 Å². The predicted molar refractivity (Wildman–Crippen MR) is 111 cm³/mol. The molecule has 2 unspecified atom stereocenters. The van der Waals surface area contributed by atoms with Gasteiger partial charge >= 0.3 is 0 Å². The van der Waals surface area contributed by atoms with E-state index in [2.05, 4.69) is 21.9 Å². The van der Waals surface area contributed by atoms with Crippen molar-refractivity contribution >= 4 is 47.4 Å². The highest BCUT2D eigenvalue weighted by atomic mass is 127. The number of nitrogens with zero attached hydrogens (tertiary/aromatic N) is 2. The lowest BCUT2D eigenvalue weighted by Crippen LogP contribution is -2.45. The van der Waals surface area contributed by atoms with Crippen LogP contribution in [0, 0.1) is 10.1 Å². The average molecular weight is 464 g/mol. The zero-order valence-electron chi connectivity index (χ0n) is 14.0. The van der Waals surface area contributed by atoms with Gasteiger partial charge in [-0.05, 0) is 31.1 Å². The first-order valence-corrected chi connectivity index (χ1v) is 9.14. The second kappa shape index (κ2) is 10.8. The molecule has 1 fully saturated rings. The summed E-state index contributed by atoms with van der Waals surface area (Å²) in [4.78, 5) is 14.7. The average Bonchev–Trinajstić information content (AvgIpc) is 2.59. The Labute approximate surface area is 164 Å². The summed E-state index contributed by atoms with van der Waals surface area (Å²) in [6.07, 6.45) is 7.01. The Morgan fingerprint density at radius 2 is 2.25 bits per heavy atom. The van der Waals surface area contributed by atoms with Crippen molar-refractivity contribution in [1.82, 2.24) is 10.6 Å². The van der Waals surface area contributed by atoms with Gasteiger partial charge in [0.25, 0.3) is 5.69 Å². The second-order valence-electron chi connectivity index (χ2n) is 5.72. The van der Waals surface area contributed by atoms with E-state index in [1.54, 1.807) is 19.2 Å². The SMILES string of the molecule is CN=C(NCc1cccc([N+](=O)[O-])c1)NC1CCCC(SC)C1.I. The Kier molecular flexibility index (Phi) is 9.42. The van der Waals surface area contributed by atoms with Gasteiger partial charge in [-0.25, -0.2) is 0 Å². The van der Waals surface area contributed by atoms with E-state index in [9.17, 15) is 10.1 Å². The van der Waals surface area contributed by atoms with Gasteiger partial charge in [0.15, 0.2) is 5.96 Å². The van der Waals surface area contributed by atoms with Gasteiger partial charge in [-0.15, -0.1) is 24.0 Å². The van der Waals surface area contributed by atoms with E-state index in [4.69, 9.17) is 0 Å². The molecule has 0 bridgehead atoms. The quantitative estimate of drug-likeness (QED) is 0.229. The number of aliphatic imine (C=N–C) groups is 1. The molecule has 1 aromatic carbocycles. The summed E-state index contributed by atoms with van der Waals surface area (Å²) in [6, 6.07) is 7.11. The van der Waals surface area contributed by atoms with Gasteiger partial charge in [0.1, 0.15) is 0 Å². The second-order valence-corrected chi connectivity index (χ2v) is 6.86. The summed E-state index contributed by atoms with van der Waals surface area (Å²) in [5, 5.41) is 18.2. The molecule has 0 aromatic heterocycles. The first-order valence-electron chi connectivity index (χ1n) is 7.85. The number of thioether (sulfide) groups is 1. The molecule has 6 nitrogen and oxygen atoms in total. The molecule has 2 N–H and O–H groups in total. The molecule has 134 valence electrons. The van der Waals surface area contributed by atoms with E-state index in [1.807, 2.05) is 17.8 Å². The maximum Gasteiger partial charge on any atom is 0.269 e. The molecule has 0 saturated heterocycles. The first kappa shape index (κ1) is 21.0. The molecule has 0 radical (unpaired) electrons. The van der Waals surface area contributed by atoms with Crippen LogP contribution in [-0.4, -0.2) is 35.5 Å². The van der Waals surface area contributed by atoms with Crippen LogP contribution in [0.3, 0.4) is 0 Å². The van der Waals surface area contributed by atoms with Crippen LogP contribution in [-0.2, 0) is 6.54 Å². The third kappa shape index (κ3) is 6.46. The highest BCUT2D eigenvalue weighted by Crippen LogP contribution is 2.26. The van der Waals surface area contributed by atoms with Crippen LogP contribution in [0.25, 0.3) is 0 Å². The van der Waals surface area contributed by atoms with E-state index in [0.717, 1.165) is 29.6 Å². The largest absolute Gasteiger partial charge is 0.354 e. The Morgan fingerprint density at radius 1 is 1.46 bits per heavy atom. The number of nitro groups is 1. The van der Waals surface area contributed by atoms with Crippen molar-refractivity contribution in [1.29, 1.82) is 0 Å². The normalized spacial score (nSPS) is 20.8. The molecule has 2 atom stereocenters. The number of non-ortho nitro benzene ring substituents is 1. The van der Waals surface area contributed by atoms with Crippen LogP contribution < -0.4 is 10.6 Å². The number of hydrogen-bond donors (Lipinski definition) is 2. The van der Waals surface area contributed by atoms with Gasteiger partial charge in [-0.3, -0.25) is 15.1 Å². The van der Waals surface area contributed by atoms with Gasteiger partial charge in [0, 0.05) is 37.0 Å². The van der Waals surface area contributed by atoms with Crippen molar-refractivity contribution in [3.8, 4) is 0 Å². The molecule has 2 rings (SSSR count). The first-order chi connectivity index (χ1) is 11.1. The van der Waals surface area contributed by atoms with Gasteiger partial charge in [0.2, 0.25) is 0 Å². The summed E-state index contributed by atoms with van der Waals surface area (Å²) in [5.74, 6) is 0.753. The number of hydrogen-bond acceptors (Lipinski definition) is 4. The van der Waals surface area contributed by atoms with Crippen LogP contribution in [0.15, 0.2) is 29.3 Å². The fraction of sp³-hybridized carbons (Fsp3) is 0.562. The third-order valence-electron chi connectivity index (χ3n) is 4.11. The summed E-state index contributed by atoms with van der Waals surface area (Å²) in [7, 11) is 1.75. The minimum Gasteiger partial charge on any atom is -0.354 e. The smallest absolute Gasteiger partial charge is 0.269 e. The molecule has 24 heavy (non-hydrogen) atoms. The zero-order valence-corrected chi connectivity index (χ0v) is 17.2. The standard InChI is InChI=1S/C16H24N4O2S.HI/c1-17-16(19-13-6-4-8-15(10-13)23-2)18-11-12-5-3-7-14(9-12)20(21)22;/h3,5,7,9,13,15H,4,6,8,10-11H2,1-2H3,(H2,17,18,19);1H. The van der Waals surface area contributed by atoms with Crippen LogP contribution in [0.5, 0.6) is 0 Å². The lowest BCUT2D eigenvalue weighted by Gasteiger charge is -2.29. The molecule has 8 heteroatoms. The van der Waals surface area contributed by atoms with E-state index >= 15 is 0 Å². The van der Waals surface area contributed by atoms with E-state index in [1.165, 1.54) is 18.9 Å². The monoisotopic (exact) mass is 464 g/mol. The predicted octanol–water partition coefficient (Wildman–Crippen LogP) is 3.55. The maximum absolute atomic E-state index is 10.8. The molecule has 1 saturated carbocycles. The van der Waals surface area contributed by atoms with Gasteiger partial charge in [-0.1, -0.05) is 18.6 Å². The van der Waals surface area contributed by atoms with E-state index < -0.39 is 0 Å². The summed E-state index contributed by atoms with van der Waals surface area (Å²) in [6.45, 7) is 0.514. The molecule has 0 spiro atoms. The number of nitrogens with one attached hydrogen (secondary N) is 2. The van der Waals surface area contributed by atoms with Crippen molar-refractivity contribution in [2.75, 3.05) is 13.3 Å². The minimum absolute atomic E-state index is 0. The van der Waals surface area contributed by atoms with Crippen molar-refractivity contribution in [3.63, 3.8) is 0 Å². The molecule has 1 aliphatic carbocycles. The Bertz CT molecular complexity index is 571. The topological polar surface area (TPSA) is 79.6 Å². The lowest BCUT2D eigenvalue weighted by atomic mass is 9.95. The van der Waals surface area contributed by atoms with Crippen LogP contribution in [0.2, 0.25) is 0 Å². The highest BCUT2D eigenvalue weighted by molar-refractivity contribution is 14.0. The Morgan fingerprint density at radius 3 is 2.92 bits per heavy atom. The number of benzene rings is 1. The van der Waals surface area contributed by atoms with Crippen LogP contribution in [0.4, 0.5) is 5.69 Å². The minimum atomic E-state index is -0.374. The fourth-order valence-corrected chi connectivity index (χ4v) is 3.67. The molecular weight excluding hydrogens is 439 g/mol. The lowest BCUT2D eigenvalue weighted by molar-refractivity contribution is -0.384. The zero-order chi connectivity index (χ0) is 16.7. The fourth-order valence-electron chi connectivity index (χ4n) is 2.84. The van der Waals surface area contributed by atoms with Crippen molar-refractivity contribution < 1.29 is 4.92 Å². The van der Waals surface area contributed by atoms with Crippen LogP contribution in [0.1, 0.15) is 31.2 Å². The van der Waals surface area contributed by atoms with Gasteiger partial charge in [-0.2, -0.15) is 11.8 Å². The van der Waals surface area contributed by atoms with Gasteiger partial charge in [0.05, 0.1) is 4.92 Å². The van der Waals surface area contributed by atoms with Crippen molar-refractivity contribution in [2.45, 2.75) is 43.5 Å². The molecule has 0 amide bonds. The molecule has 1 aliphatic rings. The number of guanidine groups is 1. The van der Waals surface area contributed by atoms with E-state index in [-0.39, 0.29) is 34.6 Å². The number of rotatable bonds is 5. The number of nitro benzene ring substituents is 1. The van der Waals surface area contributed by atoms with Crippen molar-refractivity contribution in [3.05, 3.63) is 39.9 Å². The Hall–Kier alpha value is -1.03. The van der Waals surface area contributed by atoms with Crippen molar-refractivity contribution in [2.24, 2.45) is 4.99 Å². The maximum atomic E-state index is 10.8. The molecular formula is C16H25IN4O2S. The summed E-state index contributed by atoms with van der Waals surface area (Å²) in [5.41, 5.74) is 0.982. The van der Waals surface area contributed by atoms with E-state index in [0.29, 0.717) is 12.6 Å². The Balaban J connectivity index is 0.00000288. The number of halogens is 1. The van der Waals surface area contributed by atoms with Gasteiger partial charge < -0.3 is 10.6 Å². The highest BCUT2D eigenvalue weighted by Gasteiger charge is 2.21.